The van der Waals surface area contributed by atoms with Crippen LogP contribution in [0.1, 0.15) is 57.1 Å². The van der Waals surface area contributed by atoms with Gasteiger partial charge in [-0.2, -0.15) is 0 Å². The maximum absolute atomic E-state index is 13.5. The number of ether oxygens (including phenoxy) is 1. The predicted molar refractivity (Wildman–Crippen MR) is 133 cm³/mol. The average Bonchev–Trinajstić information content (AvgIpc) is 3.38. The number of carbonyl (C=O) groups excluding carboxylic acids is 2. The van der Waals surface area contributed by atoms with E-state index in [-0.39, 0.29) is 36.7 Å². The van der Waals surface area contributed by atoms with Gasteiger partial charge in [0, 0.05) is 19.0 Å². The molecule has 2 aliphatic rings. The second-order valence-corrected chi connectivity index (χ2v) is 9.79. The molecule has 2 unspecified atom stereocenters. The lowest BCUT2D eigenvalue weighted by molar-refractivity contribution is -0.140. The first kappa shape index (κ1) is 24.8. The Balaban J connectivity index is 1.44. The lowest BCUT2D eigenvalue weighted by atomic mass is 9.91. The number of nitrogens with zero attached hydrogens (tertiary/aromatic N) is 1. The third-order valence-corrected chi connectivity index (χ3v) is 7.79. The first-order chi connectivity index (χ1) is 16.8. The Morgan fingerprint density at radius 1 is 1.00 bits per heavy atom. The van der Waals surface area contributed by atoms with Crippen molar-refractivity contribution in [1.29, 1.82) is 0 Å². The Kier molecular flexibility index (Phi) is 7.15. The molecule has 1 aliphatic carbocycles. The summed E-state index contributed by atoms with van der Waals surface area (Å²) in [6, 6.07) is 16.3. The molecule has 0 bridgehead atoms. The third-order valence-electron chi connectivity index (χ3n) is 7.79. The molecule has 2 amide bonds. The van der Waals surface area contributed by atoms with E-state index in [0.29, 0.717) is 25.9 Å². The molecule has 1 heterocycles. The van der Waals surface area contributed by atoms with E-state index in [9.17, 15) is 19.5 Å². The Labute approximate surface area is 206 Å². The van der Waals surface area contributed by atoms with E-state index >= 15 is 0 Å². The van der Waals surface area contributed by atoms with E-state index in [1.807, 2.05) is 45.0 Å². The van der Waals surface area contributed by atoms with Gasteiger partial charge in [-0.15, -0.1) is 0 Å². The number of aliphatic carboxylic acids is 1. The molecule has 2 aromatic carbocycles. The van der Waals surface area contributed by atoms with Gasteiger partial charge in [-0.1, -0.05) is 69.3 Å². The van der Waals surface area contributed by atoms with Gasteiger partial charge in [-0.05, 0) is 46.9 Å². The van der Waals surface area contributed by atoms with E-state index in [1.54, 1.807) is 4.90 Å². The van der Waals surface area contributed by atoms with Crippen LogP contribution in [0, 0.1) is 11.8 Å². The van der Waals surface area contributed by atoms with Gasteiger partial charge in [0.1, 0.15) is 12.1 Å². The van der Waals surface area contributed by atoms with Crippen LogP contribution in [0.25, 0.3) is 11.1 Å². The van der Waals surface area contributed by atoms with Crippen molar-refractivity contribution in [3.05, 3.63) is 59.7 Å². The van der Waals surface area contributed by atoms with Crippen molar-refractivity contribution >= 4 is 18.0 Å². The number of carboxylic acid groups (broad SMARTS) is 1. The van der Waals surface area contributed by atoms with Crippen LogP contribution in [0.4, 0.5) is 4.79 Å². The Hall–Kier alpha value is -3.35. The lowest BCUT2D eigenvalue weighted by Gasteiger charge is -2.35. The number of hydrogen-bond donors (Lipinski definition) is 2. The standard InChI is InChI=1S/C28H34N2O5/c1-4-28(5-2,26(33)30-15-18(3)19(16-30)14-25(31)32)29-27(34)35-17-24-22-12-8-6-10-20(22)21-11-7-9-13-23(21)24/h6-13,18-19,24H,4-5,14-17H2,1-3H3,(H,29,34)(H,31,32). The van der Waals surface area contributed by atoms with Crippen LogP contribution < -0.4 is 5.32 Å². The zero-order chi connectivity index (χ0) is 25.2. The van der Waals surface area contributed by atoms with Gasteiger partial charge in [0.05, 0.1) is 6.42 Å². The summed E-state index contributed by atoms with van der Waals surface area (Å²) in [6.07, 6.45) is 0.260. The smallest absolute Gasteiger partial charge is 0.408 e. The molecule has 4 rings (SSSR count). The van der Waals surface area contributed by atoms with Gasteiger partial charge < -0.3 is 20.1 Å². The van der Waals surface area contributed by atoms with Crippen LogP contribution in [0.15, 0.2) is 48.5 Å². The Morgan fingerprint density at radius 3 is 2.11 bits per heavy atom. The van der Waals surface area contributed by atoms with E-state index < -0.39 is 17.6 Å². The minimum Gasteiger partial charge on any atom is -0.481 e. The van der Waals surface area contributed by atoms with Gasteiger partial charge in [0.15, 0.2) is 0 Å². The molecule has 0 aromatic heterocycles. The second-order valence-electron chi connectivity index (χ2n) is 9.79. The fraction of sp³-hybridized carbons (Fsp3) is 0.464. The molecule has 186 valence electrons. The van der Waals surface area contributed by atoms with E-state index in [0.717, 1.165) is 22.3 Å². The second kappa shape index (κ2) is 10.1. The quantitative estimate of drug-likeness (QED) is 0.576. The summed E-state index contributed by atoms with van der Waals surface area (Å²) in [7, 11) is 0. The number of alkyl carbamates (subject to hydrolysis) is 1. The molecule has 1 saturated heterocycles. The summed E-state index contributed by atoms with van der Waals surface area (Å²) < 4.78 is 5.71. The normalized spacial score (nSPS) is 19.2. The molecule has 0 spiro atoms. The highest BCUT2D eigenvalue weighted by molar-refractivity contribution is 5.90. The number of carboxylic acids is 1. The molecule has 7 heteroatoms. The van der Waals surface area contributed by atoms with Crippen molar-refractivity contribution in [2.24, 2.45) is 11.8 Å². The van der Waals surface area contributed by atoms with Crippen LogP contribution >= 0.6 is 0 Å². The maximum atomic E-state index is 13.5. The average molecular weight is 479 g/mol. The van der Waals surface area contributed by atoms with Crippen LogP contribution in [-0.2, 0) is 14.3 Å². The highest BCUT2D eigenvalue weighted by Gasteiger charge is 2.44. The topological polar surface area (TPSA) is 95.9 Å². The Bertz CT molecular complexity index is 1060. The van der Waals surface area contributed by atoms with Crippen LogP contribution in [0.3, 0.4) is 0 Å². The lowest BCUT2D eigenvalue weighted by Crippen LogP contribution is -2.59. The van der Waals surface area contributed by atoms with Crippen molar-refractivity contribution < 1.29 is 24.2 Å². The minimum absolute atomic E-state index is 0.0377. The molecule has 2 N–H and O–H groups in total. The zero-order valence-electron chi connectivity index (χ0n) is 20.6. The monoisotopic (exact) mass is 478 g/mol. The molecule has 35 heavy (non-hydrogen) atoms. The highest BCUT2D eigenvalue weighted by Crippen LogP contribution is 2.44. The predicted octanol–water partition coefficient (Wildman–Crippen LogP) is 4.65. The fourth-order valence-corrected chi connectivity index (χ4v) is 5.61. The highest BCUT2D eigenvalue weighted by atomic mass is 16.5. The van der Waals surface area contributed by atoms with Gasteiger partial charge in [-0.25, -0.2) is 4.79 Å². The van der Waals surface area contributed by atoms with Crippen LogP contribution in [-0.4, -0.2) is 53.2 Å². The zero-order valence-corrected chi connectivity index (χ0v) is 20.6. The number of benzene rings is 2. The van der Waals surface area contributed by atoms with Gasteiger partial charge in [0.2, 0.25) is 5.91 Å². The molecule has 2 atom stereocenters. The summed E-state index contributed by atoms with van der Waals surface area (Å²) >= 11 is 0. The molecular formula is C28H34N2O5. The van der Waals surface area contributed by atoms with Crippen LogP contribution in [0.5, 0.6) is 0 Å². The first-order valence-electron chi connectivity index (χ1n) is 12.4. The summed E-state index contributed by atoms with van der Waals surface area (Å²) in [4.78, 5) is 39.4. The summed E-state index contributed by atoms with van der Waals surface area (Å²) in [5.41, 5.74) is 3.49. The molecule has 0 radical (unpaired) electrons. The van der Waals surface area contributed by atoms with Crippen LogP contribution in [0.2, 0.25) is 0 Å². The number of carbonyl (C=O) groups is 3. The van der Waals surface area contributed by atoms with Crippen molar-refractivity contribution in [3.63, 3.8) is 0 Å². The number of amides is 2. The summed E-state index contributed by atoms with van der Waals surface area (Å²) in [5, 5.41) is 12.1. The Morgan fingerprint density at radius 2 is 1.57 bits per heavy atom. The van der Waals surface area contributed by atoms with E-state index in [2.05, 4.69) is 29.6 Å². The fourth-order valence-electron chi connectivity index (χ4n) is 5.61. The molecule has 1 aliphatic heterocycles. The van der Waals surface area contributed by atoms with Crippen molar-refractivity contribution in [3.8, 4) is 11.1 Å². The molecule has 2 aromatic rings. The number of nitrogens with one attached hydrogen (secondary N) is 1. The first-order valence-corrected chi connectivity index (χ1v) is 12.4. The minimum atomic E-state index is -1.08. The largest absolute Gasteiger partial charge is 0.481 e. The van der Waals surface area contributed by atoms with Gasteiger partial charge in [0.25, 0.3) is 0 Å². The van der Waals surface area contributed by atoms with Crippen molar-refractivity contribution in [2.45, 2.75) is 51.5 Å². The molecule has 1 fully saturated rings. The summed E-state index contributed by atoms with van der Waals surface area (Å²) in [5.74, 6) is -1.08. The number of fused-ring (bicyclic) bond motifs is 3. The molecule has 0 saturated carbocycles. The van der Waals surface area contributed by atoms with Crippen molar-refractivity contribution in [2.75, 3.05) is 19.7 Å². The molecule has 7 nitrogen and oxygen atoms in total. The van der Waals surface area contributed by atoms with E-state index in [4.69, 9.17) is 4.74 Å². The van der Waals surface area contributed by atoms with Gasteiger partial charge in [-0.3, -0.25) is 9.59 Å². The maximum Gasteiger partial charge on any atom is 0.408 e. The van der Waals surface area contributed by atoms with Gasteiger partial charge >= 0.3 is 12.1 Å². The van der Waals surface area contributed by atoms with E-state index in [1.165, 1.54) is 0 Å². The number of hydrogen-bond acceptors (Lipinski definition) is 4. The SMILES string of the molecule is CCC(CC)(NC(=O)OCC1c2ccccc2-c2ccccc21)C(=O)N1CC(C)C(CC(=O)O)C1. The number of rotatable bonds is 8. The third kappa shape index (κ3) is 4.77. The van der Waals surface area contributed by atoms with Crippen molar-refractivity contribution in [1.82, 2.24) is 10.2 Å². The number of likely N-dealkylation sites (tertiary alicyclic amines) is 1. The summed E-state index contributed by atoms with van der Waals surface area (Å²) in [6.45, 7) is 6.78. The molecular weight excluding hydrogens is 444 g/mol.